The maximum absolute atomic E-state index is 4.19. The molecular weight excluding hydrogens is 198 g/mol. The molecule has 3 nitrogen and oxygen atoms in total. The second-order valence-corrected chi connectivity index (χ2v) is 3.66. The number of rotatable bonds is 3. The van der Waals surface area contributed by atoms with Crippen molar-refractivity contribution in [3.63, 3.8) is 0 Å². The van der Waals surface area contributed by atoms with Crippen LogP contribution in [-0.2, 0) is 12.8 Å². The molecule has 82 valence electrons. The Labute approximate surface area is 95.6 Å². The van der Waals surface area contributed by atoms with Gasteiger partial charge in [0.15, 0.2) is 5.82 Å². The number of aromatic nitrogens is 3. The van der Waals surface area contributed by atoms with Crippen LogP contribution < -0.4 is 0 Å². The Morgan fingerprint density at radius 1 is 1.00 bits per heavy atom. The van der Waals surface area contributed by atoms with E-state index in [9.17, 15) is 0 Å². The summed E-state index contributed by atoms with van der Waals surface area (Å²) in [5.74, 6) is 0.759. The van der Waals surface area contributed by atoms with E-state index >= 15 is 0 Å². The molecule has 16 heavy (non-hydrogen) atoms. The minimum absolute atomic E-state index is 0.759. The molecule has 0 aliphatic carbocycles. The third kappa shape index (κ3) is 2.08. The van der Waals surface area contributed by atoms with Gasteiger partial charge in [-0.25, -0.2) is 15.0 Å². The highest BCUT2D eigenvalue weighted by Crippen LogP contribution is 2.21. The van der Waals surface area contributed by atoms with Crippen LogP contribution in [0.5, 0.6) is 0 Å². The molecule has 0 fully saturated rings. The van der Waals surface area contributed by atoms with E-state index in [2.05, 4.69) is 47.0 Å². The second kappa shape index (κ2) is 4.84. The highest BCUT2D eigenvalue weighted by atomic mass is 15.0. The fourth-order valence-electron chi connectivity index (χ4n) is 1.76. The maximum atomic E-state index is 4.19. The summed E-state index contributed by atoms with van der Waals surface area (Å²) in [6.45, 7) is 4.32. The van der Waals surface area contributed by atoms with Gasteiger partial charge < -0.3 is 0 Å². The Bertz CT molecular complexity index is 466. The average molecular weight is 213 g/mol. The molecule has 2 rings (SSSR count). The van der Waals surface area contributed by atoms with Gasteiger partial charge >= 0.3 is 0 Å². The van der Waals surface area contributed by atoms with Gasteiger partial charge in [0.05, 0.1) is 0 Å². The molecule has 0 radical (unpaired) electrons. The van der Waals surface area contributed by atoms with Crippen molar-refractivity contribution in [1.29, 1.82) is 0 Å². The molecule has 1 aromatic heterocycles. The van der Waals surface area contributed by atoms with E-state index in [-0.39, 0.29) is 0 Å². The first-order valence-corrected chi connectivity index (χ1v) is 5.59. The van der Waals surface area contributed by atoms with Crippen molar-refractivity contribution in [2.45, 2.75) is 26.7 Å². The van der Waals surface area contributed by atoms with Crippen molar-refractivity contribution in [3.8, 4) is 11.4 Å². The largest absolute Gasteiger partial charge is 0.225 e. The van der Waals surface area contributed by atoms with Crippen molar-refractivity contribution >= 4 is 0 Å². The van der Waals surface area contributed by atoms with Crippen molar-refractivity contribution in [2.75, 3.05) is 0 Å². The minimum Gasteiger partial charge on any atom is -0.225 e. The van der Waals surface area contributed by atoms with Crippen LogP contribution in [0.15, 0.2) is 30.9 Å². The Morgan fingerprint density at radius 2 is 1.75 bits per heavy atom. The first-order valence-electron chi connectivity index (χ1n) is 5.59. The number of hydrogen-bond donors (Lipinski definition) is 0. The third-order valence-electron chi connectivity index (χ3n) is 2.69. The van der Waals surface area contributed by atoms with Gasteiger partial charge in [-0.3, -0.25) is 0 Å². The quantitative estimate of drug-likeness (QED) is 0.786. The van der Waals surface area contributed by atoms with Gasteiger partial charge in [0.25, 0.3) is 0 Å². The van der Waals surface area contributed by atoms with E-state index in [0.29, 0.717) is 0 Å². The number of hydrogen-bond acceptors (Lipinski definition) is 3. The highest BCUT2D eigenvalue weighted by Gasteiger charge is 2.06. The molecule has 0 atom stereocenters. The molecule has 0 spiro atoms. The standard InChI is InChI=1S/C13H15N3/c1-3-10-5-6-12(11(4-2)7-10)13-15-8-14-9-16-13/h5-9H,3-4H2,1-2H3. The Balaban J connectivity index is 2.49. The summed E-state index contributed by atoms with van der Waals surface area (Å²) >= 11 is 0. The van der Waals surface area contributed by atoms with Crippen molar-refractivity contribution in [2.24, 2.45) is 0 Å². The molecule has 0 amide bonds. The molecule has 0 aliphatic rings. The number of aryl methyl sites for hydroxylation is 2. The summed E-state index contributed by atoms with van der Waals surface area (Å²) in [5, 5.41) is 0. The summed E-state index contributed by atoms with van der Waals surface area (Å²) in [5.41, 5.74) is 3.77. The molecule has 0 unspecified atom stereocenters. The SMILES string of the molecule is CCc1ccc(-c2ncncn2)c(CC)c1. The molecule has 3 heteroatoms. The Kier molecular flexibility index (Phi) is 3.25. The number of benzene rings is 1. The zero-order chi connectivity index (χ0) is 11.4. The van der Waals surface area contributed by atoms with Crippen molar-refractivity contribution < 1.29 is 0 Å². The van der Waals surface area contributed by atoms with Crippen molar-refractivity contribution in [1.82, 2.24) is 15.0 Å². The van der Waals surface area contributed by atoms with E-state index < -0.39 is 0 Å². The van der Waals surface area contributed by atoms with Crippen molar-refractivity contribution in [3.05, 3.63) is 42.0 Å². The fraction of sp³-hybridized carbons (Fsp3) is 0.308. The van der Waals surface area contributed by atoms with Crippen LogP contribution >= 0.6 is 0 Å². The molecule has 1 aromatic carbocycles. The lowest BCUT2D eigenvalue weighted by Crippen LogP contribution is -1.95. The predicted octanol–water partition coefficient (Wildman–Crippen LogP) is 2.66. The van der Waals surface area contributed by atoms with E-state index in [4.69, 9.17) is 0 Å². The minimum atomic E-state index is 0.759. The van der Waals surface area contributed by atoms with Crippen LogP contribution in [0.1, 0.15) is 25.0 Å². The van der Waals surface area contributed by atoms with Gasteiger partial charge in [-0.05, 0) is 24.0 Å². The van der Waals surface area contributed by atoms with Crippen LogP contribution in [0.2, 0.25) is 0 Å². The van der Waals surface area contributed by atoms with Gasteiger partial charge in [0.2, 0.25) is 0 Å². The van der Waals surface area contributed by atoms with E-state index in [1.165, 1.54) is 23.8 Å². The number of nitrogens with zero attached hydrogens (tertiary/aromatic N) is 3. The molecule has 2 aromatic rings. The Morgan fingerprint density at radius 3 is 2.38 bits per heavy atom. The van der Waals surface area contributed by atoms with E-state index in [1.807, 2.05) is 0 Å². The maximum Gasteiger partial charge on any atom is 0.162 e. The van der Waals surface area contributed by atoms with Crippen LogP contribution in [0.25, 0.3) is 11.4 Å². The van der Waals surface area contributed by atoms with E-state index in [0.717, 1.165) is 24.2 Å². The first-order chi connectivity index (χ1) is 7.85. The van der Waals surface area contributed by atoms with Crippen LogP contribution in [0, 0.1) is 0 Å². The summed E-state index contributed by atoms with van der Waals surface area (Å²) in [6.07, 6.45) is 5.13. The predicted molar refractivity (Wildman–Crippen MR) is 64.0 cm³/mol. The third-order valence-corrected chi connectivity index (χ3v) is 2.69. The lowest BCUT2D eigenvalue weighted by molar-refractivity contribution is 1.03. The average Bonchev–Trinajstić information content (AvgIpc) is 2.39. The first kappa shape index (κ1) is 10.7. The van der Waals surface area contributed by atoms with Crippen LogP contribution in [-0.4, -0.2) is 15.0 Å². The van der Waals surface area contributed by atoms with Gasteiger partial charge in [-0.2, -0.15) is 0 Å². The van der Waals surface area contributed by atoms with Gasteiger partial charge in [0.1, 0.15) is 12.7 Å². The van der Waals surface area contributed by atoms with Crippen LogP contribution in [0.3, 0.4) is 0 Å². The second-order valence-electron chi connectivity index (χ2n) is 3.66. The summed E-state index contributed by atoms with van der Waals surface area (Å²) in [6, 6.07) is 6.48. The zero-order valence-electron chi connectivity index (χ0n) is 9.64. The van der Waals surface area contributed by atoms with Gasteiger partial charge in [0, 0.05) is 5.56 Å². The molecular formula is C13H15N3. The normalized spacial score (nSPS) is 10.4. The summed E-state index contributed by atoms with van der Waals surface area (Å²) in [7, 11) is 0. The molecule has 0 bridgehead atoms. The molecule has 0 aliphatic heterocycles. The fourth-order valence-corrected chi connectivity index (χ4v) is 1.76. The van der Waals surface area contributed by atoms with Crippen LogP contribution in [0.4, 0.5) is 0 Å². The smallest absolute Gasteiger partial charge is 0.162 e. The molecule has 1 heterocycles. The van der Waals surface area contributed by atoms with Gasteiger partial charge in [-0.1, -0.05) is 32.0 Å². The van der Waals surface area contributed by atoms with E-state index in [1.54, 1.807) is 0 Å². The molecule has 0 N–H and O–H groups in total. The summed E-state index contributed by atoms with van der Waals surface area (Å²) in [4.78, 5) is 12.2. The zero-order valence-corrected chi connectivity index (χ0v) is 9.64. The summed E-state index contributed by atoms with van der Waals surface area (Å²) < 4.78 is 0. The monoisotopic (exact) mass is 213 g/mol. The lowest BCUT2D eigenvalue weighted by Gasteiger charge is -2.08. The topological polar surface area (TPSA) is 38.7 Å². The van der Waals surface area contributed by atoms with Gasteiger partial charge in [-0.15, -0.1) is 0 Å². The lowest BCUT2D eigenvalue weighted by atomic mass is 10.0. The molecule has 0 saturated carbocycles. The highest BCUT2D eigenvalue weighted by molar-refractivity contribution is 5.60. The molecule has 0 saturated heterocycles. The Hall–Kier alpha value is -1.77.